The first-order chi connectivity index (χ1) is 4.79. The maximum absolute atomic E-state index is 9.95. The van der Waals surface area contributed by atoms with Gasteiger partial charge in [0.1, 0.15) is 12.7 Å². The third-order valence-corrected chi connectivity index (χ3v) is 0.806. The van der Waals surface area contributed by atoms with Gasteiger partial charge in [-0.25, -0.2) is 14.5 Å². The van der Waals surface area contributed by atoms with Gasteiger partial charge in [-0.05, 0) is 0 Å². The molecule has 0 bridgehead atoms. The lowest BCUT2D eigenvalue weighted by Crippen LogP contribution is -1.90. The van der Waals surface area contributed by atoms with E-state index >= 15 is 0 Å². The molecule has 1 N–H and O–H groups in total. The molecule has 0 saturated carbocycles. The van der Waals surface area contributed by atoms with E-state index in [1.807, 2.05) is 0 Å². The van der Waals surface area contributed by atoms with Crippen LogP contribution in [0.3, 0.4) is 0 Å². The average molecular weight is 139 g/mol. The molecule has 0 atom stereocenters. The van der Waals surface area contributed by atoms with Crippen LogP contribution in [0.15, 0.2) is 18.7 Å². The Hall–Kier alpha value is -1.65. The topological polar surface area (TPSA) is 68.0 Å². The van der Waals surface area contributed by atoms with Crippen LogP contribution in [0, 0.1) is 0 Å². The first-order valence-electron chi connectivity index (χ1n) is 2.54. The summed E-state index contributed by atoms with van der Waals surface area (Å²) in [6, 6.07) is 0. The van der Waals surface area contributed by atoms with Crippen LogP contribution >= 0.6 is 0 Å². The van der Waals surface area contributed by atoms with Gasteiger partial charge >= 0.3 is 5.97 Å². The van der Waals surface area contributed by atoms with Crippen molar-refractivity contribution in [1.29, 1.82) is 0 Å². The summed E-state index contributed by atoms with van der Waals surface area (Å²) in [5, 5.41) is 11.8. The smallest absolute Gasteiger partial charge is 0.329 e. The lowest BCUT2D eigenvalue weighted by Gasteiger charge is -1.83. The third-order valence-electron chi connectivity index (χ3n) is 0.806. The van der Waals surface area contributed by atoms with Crippen molar-refractivity contribution in [3.05, 3.63) is 18.7 Å². The van der Waals surface area contributed by atoms with Crippen molar-refractivity contribution in [2.24, 2.45) is 0 Å². The van der Waals surface area contributed by atoms with E-state index in [0.717, 1.165) is 6.08 Å². The van der Waals surface area contributed by atoms with Crippen LogP contribution in [0.25, 0.3) is 6.20 Å². The maximum atomic E-state index is 9.95. The molecule has 10 heavy (non-hydrogen) atoms. The molecular weight excluding hydrogens is 134 g/mol. The molecule has 1 aromatic heterocycles. The van der Waals surface area contributed by atoms with Gasteiger partial charge in [-0.1, -0.05) is 0 Å². The highest BCUT2D eigenvalue weighted by Gasteiger charge is 1.85. The predicted octanol–water partition coefficient (Wildman–Crippen LogP) is -0.167. The highest BCUT2D eigenvalue weighted by atomic mass is 16.4. The second-order valence-electron chi connectivity index (χ2n) is 1.53. The van der Waals surface area contributed by atoms with Crippen molar-refractivity contribution >= 4 is 12.2 Å². The minimum absolute atomic E-state index is 0.981. The molecule has 0 amide bonds. The summed E-state index contributed by atoms with van der Waals surface area (Å²) in [6.45, 7) is 0. The summed E-state index contributed by atoms with van der Waals surface area (Å²) < 4.78 is 1.30. The van der Waals surface area contributed by atoms with Crippen LogP contribution < -0.4 is 0 Å². The Balaban J connectivity index is 2.64. The molecule has 0 fully saturated rings. The molecule has 1 heterocycles. The van der Waals surface area contributed by atoms with Gasteiger partial charge in [-0.15, -0.1) is 0 Å². The standard InChI is InChI=1S/C5H5N3O2/c9-5(10)1-2-8-4-6-3-7-8/h1-4H,(H,9,10)/b2-1-. The zero-order valence-corrected chi connectivity index (χ0v) is 5.01. The van der Waals surface area contributed by atoms with Crippen LogP contribution in [0.4, 0.5) is 0 Å². The molecule has 0 aromatic carbocycles. The summed E-state index contributed by atoms with van der Waals surface area (Å²) in [6.07, 6.45) is 5.01. The Kier molecular flexibility index (Phi) is 1.79. The minimum atomic E-state index is -1.00. The lowest BCUT2D eigenvalue weighted by molar-refractivity contribution is -0.131. The van der Waals surface area contributed by atoms with Crippen molar-refractivity contribution in [2.45, 2.75) is 0 Å². The minimum Gasteiger partial charge on any atom is -0.478 e. The molecule has 0 aliphatic carbocycles. The van der Waals surface area contributed by atoms with Crippen molar-refractivity contribution in [2.75, 3.05) is 0 Å². The van der Waals surface area contributed by atoms with Gasteiger partial charge < -0.3 is 5.11 Å². The van der Waals surface area contributed by atoms with Gasteiger partial charge in [0.15, 0.2) is 0 Å². The Morgan fingerprint density at radius 1 is 1.70 bits per heavy atom. The van der Waals surface area contributed by atoms with Crippen LogP contribution in [0.1, 0.15) is 0 Å². The highest BCUT2D eigenvalue weighted by molar-refractivity contribution is 5.82. The summed E-state index contributed by atoms with van der Waals surface area (Å²) in [7, 11) is 0. The number of carboxylic acid groups (broad SMARTS) is 1. The second kappa shape index (κ2) is 2.77. The molecule has 1 rings (SSSR count). The van der Waals surface area contributed by atoms with Gasteiger partial charge in [0.2, 0.25) is 0 Å². The molecular formula is C5H5N3O2. The van der Waals surface area contributed by atoms with E-state index in [0.29, 0.717) is 0 Å². The Morgan fingerprint density at radius 3 is 3.00 bits per heavy atom. The van der Waals surface area contributed by atoms with E-state index in [4.69, 9.17) is 5.11 Å². The van der Waals surface area contributed by atoms with E-state index < -0.39 is 5.97 Å². The van der Waals surface area contributed by atoms with Gasteiger partial charge in [0.25, 0.3) is 0 Å². The van der Waals surface area contributed by atoms with Crippen molar-refractivity contribution in [3.8, 4) is 0 Å². The number of rotatable bonds is 2. The van der Waals surface area contributed by atoms with Gasteiger partial charge in [0.05, 0.1) is 0 Å². The fraction of sp³-hybridized carbons (Fsp3) is 0. The fourth-order valence-electron chi connectivity index (χ4n) is 0.434. The number of carboxylic acids is 1. The normalized spacial score (nSPS) is 10.4. The molecule has 5 heteroatoms. The third kappa shape index (κ3) is 1.70. The molecule has 0 radical (unpaired) electrons. The molecule has 0 aliphatic heterocycles. The molecule has 0 spiro atoms. The number of carbonyl (C=O) groups is 1. The number of hydrogen-bond acceptors (Lipinski definition) is 3. The van der Waals surface area contributed by atoms with Crippen LogP contribution in [0.2, 0.25) is 0 Å². The van der Waals surface area contributed by atoms with E-state index in [1.54, 1.807) is 0 Å². The Bertz CT molecular complexity index is 239. The van der Waals surface area contributed by atoms with Gasteiger partial charge in [0, 0.05) is 12.3 Å². The molecule has 52 valence electrons. The molecule has 1 aromatic rings. The van der Waals surface area contributed by atoms with Crippen molar-refractivity contribution in [1.82, 2.24) is 14.8 Å². The number of aliphatic carboxylic acids is 1. The summed E-state index contributed by atoms with van der Waals surface area (Å²) >= 11 is 0. The summed E-state index contributed by atoms with van der Waals surface area (Å²) in [4.78, 5) is 13.6. The SMILES string of the molecule is O=C(O)/C=C\n1cncn1. The van der Waals surface area contributed by atoms with Crippen LogP contribution in [0.5, 0.6) is 0 Å². The molecule has 0 saturated heterocycles. The quantitative estimate of drug-likeness (QED) is 0.578. The maximum Gasteiger partial charge on any atom is 0.329 e. The molecule has 5 nitrogen and oxygen atoms in total. The van der Waals surface area contributed by atoms with E-state index in [1.165, 1.54) is 23.5 Å². The van der Waals surface area contributed by atoms with Crippen molar-refractivity contribution < 1.29 is 9.90 Å². The molecule has 0 aliphatic rings. The average Bonchev–Trinajstić information content (AvgIpc) is 2.34. The van der Waals surface area contributed by atoms with Crippen LogP contribution in [-0.2, 0) is 4.79 Å². The lowest BCUT2D eigenvalue weighted by atomic mass is 10.6. The van der Waals surface area contributed by atoms with E-state index in [9.17, 15) is 4.79 Å². The van der Waals surface area contributed by atoms with E-state index in [2.05, 4.69) is 10.1 Å². The van der Waals surface area contributed by atoms with Gasteiger partial charge in [-0.3, -0.25) is 0 Å². The van der Waals surface area contributed by atoms with Crippen LogP contribution in [-0.4, -0.2) is 25.8 Å². The zero-order valence-electron chi connectivity index (χ0n) is 5.01. The van der Waals surface area contributed by atoms with Crippen molar-refractivity contribution in [3.63, 3.8) is 0 Å². The number of nitrogens with zero attached hydrogens (tertiary/aromatic N) is 3. The monoisotopic (exact) mass is 139 g/mol. The first-order valence-corrected chi connectivity index (χ1v) is 2.54. The first kappa shape index (κ1) is 6.47. The Labute approximate surface area is 56.6 Å². The fourth-order valence-corrected chi connectivity index (χ4v) is 0.434. The largest absolute Gasteiger partial charge is 0.478 e. The second-order valence-corrected chi connectivity index (χ2v) is 1.53. The summed E-state index contributed by atoms with van der Waals surface area (Å²) in [5.74, 6) is -1.00. The number of aromatic nitrogens is 3. The highest BCUT2D eigenvalue weighted by Crippen LogP contribution is 1.80. The van der Waals surface area contributed by atoms with E-state index in [-0.39, 0.29) is 0 Å². The van der Waals surface area contributed by atoms with Gasteiger partial charge in [-0.2, -0.15) is 5.10 Å². The predicted molar refractivity (Wildman–Crippen MR) is 33.0 cm³/mol. The zero-order chi connectivity index (χ0) is 7.40. The summed E-state index contributed by atoms with van der Waals surface area (Å²) in [5.41, 5.74) is 0. The Morgan fingerprint density at radius 2 is 2.50 bits per heavy atom. The number of hydrogen-bond donors (Lipinski definition) is 1. The molecule has 0 unspecified atom stereocenters.